The summed E-state index contributed by atoms with van der Waals surface area (Å²) in [5.41, 5.74) is 0.519. The van der Waals surface area contributed by atoms with E-state index in [2.05, 4.69) is 27.7 Å². The number of hydrogen-bond donors (Lipinski definition) is 0. The van der Waals surface area contributed by atoms with Crippen LogP contribution >= 0.6 is 0 Å². The lowest BCUT2D eigenvalue weighted by molar-refractivity contribution is -0.0642. The molecule has 3 fully saturated rings. The number of Topliss-reactive ketones (excluding diaryl/α,β-unsaturated/α-hetero) is 1. The average molecular weight is 373 g/mol. The van der Waals surface area contributed by atoms with Crippen molar-refractivity contribution < 1.29 is 19.0 Å². The Morgan fingerprint density at radius 2 is 1.67 bits per heavy atom. The van der Waals surface area contributed by atoms with Gasteiger partial charge in [-0.1, -0.05) is 27.2 Å². The van der Waals surface area contributed by atoms with Crippen LogP contribution in [0.15, 0.2) is 18.2 Å². The van der Waals surface area contributed by atoms with Gasteiger partial charge in [-0.3, -0.25) is 4.79 Å². The van der Waals surface area contributed by atoms with E-state index in [9.17, 15) is 4.79 Å². The Morgan fingerprint density at radius 3 is 2.26 bits per heavy atom. The van der Waals surface area contributed by atoms with E-state index in [4.69, 9.17) is 14.2 Å². The minimum Gasteiger partial charge on any atom is -0.497 e. The molecular formula is C23H32O4. The van der Waals surface area contributed by atoms with Crippen molar-refractivity contribution in [1.82, 2.24) is 0 Å². The molecule has 0 amide bonds. The second-order valence-electron chi connectivity index (χ2n) is 9.83. The van der Waals surface area contributed by atoms with E-state index < -0.39 is 0 Å². The van der Waals surface area contributed by atoms with Crippen molar-refractivity contribution in [2.45, 2.75) is 65.1 Å². The standard InChI is InChI=1S/C23H32O4/c1-21(2)8-7-9-22(3)17(21)13-18-23(4,27-18)20(22)19(24)14-10-15(25-5)12-16(11-14)26-6/h10-12,17-18,20H,7-9,13H2,1-6H3. The van der Waals surface area contributed by atoms with Crippen LogP contribution in [0.25, 0.3) is 0 Å². The average Bonchev–Trinajstić information content (AvgIpc) is 3.29. The predicted octanol–water partition coefficient (Wildman–Crippen LogP) is 4.90. The number of methoxy groups -OCH3 is 2. The molecule has 1 heterocycles. The molecule has 5 unspecified atom stereocenters. The highest BCUT2D eigenvalue weighted by atomic mass is 16.6. The number of carbonyl (C=O) groups is 1. The SMILES string of the molecule is COc1cc(OC)cc(C(=O)C2C3(C)CCCC(C)(C)C3CC3OC32C)c1. The molecule has 1 aromatic carbocycles. The number of epoxide rings is 1. The van der Waals surface area contributed by atoms with Crippen LogP contribution in [0.3, 0.4) is 0 Å². The lowest BCUT2D eigenvalue weighted by Crippen LogP contribution is -2.56. The largest absolute Gasteiger partial charge is 0.497 e. The van der Waals surface area contributed by atoms with Crippen LogP contribution in [0.5, 0.6) is 11.5 Å². The summed E-state index contributed by atoms with van der Waals surface area (Å²) in [6.07, 6.45) is 4.76. The second-order valence-corrected chi connectivity index (χ2v) is 9.83. The third-order valence-corrected chi connectivity index (χ3v) is 7.83. The molecule has 0 spiro atoms. The van der Waals surface area contributed by atoms with Crippen molar-refractivity contribution >= 4 is 5.78 Å². The van der Waals surface area contributed by atoms with Crippen LogP contribution in [0.2, 0.25) is 0 Å². The van der Waals surface area contributed by atoms with Crippen molar-refractivity contribution in [1.29, 1.82) is 0 Å². The molecular weight excluding hydrogens is 340 g/mol. The highest BCUT2D eigenvalue weighted by Crippen LogP contribution is 2.68. The third kappa shape index (κ3) is 2.71. The molecule has 3 aliphatic rings. The van der Waals surface area contributed by atoms with Crippen LogP contribution in [0.1, 0.15) is 63.7 Å². The molecule has 1 aromatic rings. The molecule has 1 aliphatic heterocycles. The Morgan fingerprint density at radius 1 is 1.04 bits per heavy atom. The molecule has 0 N–H and O–H groups in total. The van der Waals surface area contributed by atoms with Gasteiger partial charge in [-0.2, -0.15) is 0 Å². The Labute approximate surface area is 162 Å². The Hall–Kier alpha value is -1.55. The van der Waals surface area contributed by atoms with Gasteiger partial charge in [0, 0.05) is 11.6 Å². The van der Waals surface area contributed by atoms with Gasteiger partial charge in [0.25, 0.3) is 0 Å². The van der Waals surface area contributed by atoms with Gasteiger partial charge in [-0.15, -0.1) is 0 Å². The van der Waals surface area contributed by atoms with Crippen molar-refractivity contribution in [3.63, 3.8) is 0 Å². The number of benzene rings is 1. The number of fused-ring (bicyclic) bond motifs is 2. The molecule has 2 saturated carbocycles. The maximum atomic E-state index is 13.9. The van der Waals surface area contributed by atoms with Crippen LogP contribution in [0, 0.1) is 22.7 Å². The molecule has 5 atom stereocenters. The summed E-state index contributed by atoms with van der Waals surface area (Å²) in [5.74, 6) is 1.84. The molecule has 4 nitrogen and oxygen atoms in total. The van der Waals surface area contributed by atoms with Gasteiger partial charge in [0.2, 0.25) is 0 Å². The fourth-order valence-electron chi connectivity index (χ4n) is 6.45. The fraction of sp³-hybridized carbons (Fsp3) is 0.696. The van der Waals surface area contributed by atoms with Gasteiger partial charge in [0.05, 0.1) is 26.2 Å². The molecule has 4 heteroatoms. The smallest absolute Gasteiger partial charge is 0.169 e. The topological polar surface area (TPSA) is 48.1 Å². The number of hydrogen-bond acceptors (Lipinski definition) is 4. The molecule has 27 heavy (non-hydrogen) atoms. The molecule has 1 saturated heterocycles. The van der Waals surface area contributed by atoms with Gasteiger partial charge in [-0.25, -0.2) is 0 Å². The zero-order valence-electron chi connectivity index (χ0n) is 17.4. The van der Waals surface area contributed by atoms with Crippen molar-refractivity contribution in [3.8, 4) is 11.5 Å². The van der Waals surface area contributed by atoms with Crippen LogP contribution in [-0.4, -0.2) is 31.7 Å². The Kier molecular flexibility index (Phi) is 4.16. The first-order chi connectivity index (χ1) is 12.7. The maximum Gasteiger partial charge on any atom is 0.169 e. The Balaban J connectivity index is 1.78. The molecule has 0 aromatic heterocycles. The van der Waals surface area contributed by atoms with E-state index in [1.54, 1.807) is 14.2 Å². The van der Waals surface area contributed by atoms with Crippen LogP contribution in [0.4, 0.5) is 0 Å². The third-order valence-electron chi connectivity index (χ3n) is 7.83. The molecule has 148 valence electrons. The van der Waals surface area contributed by atoms with Gasteiger partial charge >= 0.3 is 0 Å². The first kappa shape index (κ1) is 18.8. The van der Waals surface area contributed by atoms with Crippen LogP contribution < -0.4 is 9.47 Å². The summed E-state index contributed by atoms with van der Waals surface area (Å²) in [4.78, 5) is 13.9. The lowest BCUT2D eigenvalue weighted by Gasteiger charge is -2.57. The van der Waals surface area contributed by atoms with E-state index in [1.165, 1.54) is 12.8 Å². The first-order valence-electron chi connectivity index (χ1n) is 10.1. The first-order valence-corrected chi connectivity index (χ1v) is 10.1. The lowest BCUT2D eigenvalue weighted by atomic mass is 9.46. The summed E-state index contributed by atoms with van der Waals surface area (Å²) >= 11 is 0. The van der Waals surface area contributed by atoms with Crippen LogP contribution in [-0.2, 0) is 4.74 Å². The maximum absolute atomic E-state index is 13.9. The molecule has 0 bridgehead atoms. The minimum atomic E-state index is -0.341. The van der Waals surface area contributed by atoms with E-state index in [1.807, 2.05) is 18.2 Å². The summed E-state index contributed by atoms with van der Waals surface area (Å²) in [5, 5.41) is 0. The fourth-order valence-corrected chi connectivity index (χ4v) is 6.45. The zero-order chi connectivity index (χ0) is 19.6. The van der Waals surface area contributed by atoms with E-state index in [-0.39, 0.29) is 34.2 Å². The van der Waals surface area contributed by atoms with Gasteiger partial charge in [0.1, 0.15) is 17.1 Å². The highest BCUT2D eigenvalue weighted by Gasteiger charge is 2.72. The minimum absolute atomic E-state index is 0.0447. The van der Waals surface area contributed by atoms with Crippen molar-refractivity contribution in [2.24, 2.45) is 22.7 Å². The summed E-state index contributed by atoms with van der Waals surface area (Å²) in [6.45, 7) is 9.22. The summed E-state index contributed by atoms with van der Waals surface area (Å²) in [6, 6.07) is 5.49. The monoisotopic (exact) mass is 372 g/mol. The Bertz CT molecular complexity index is 747. The number of rotatable bonds is 4. The second kappa shape index (κ2) is 5.97. The van der Waals surface area contributed by atoms with Gasteiger partial charge in [0.15, 0.2) is 5.78 Å². The zero-order valence-corrected chi connectivity index (χ0v) is 17.4. The van der Waals surface area contributed by atoms with Gasteiger partial charge in [-0.05, 0) is 55.1 Å². The van der Waals surface area contributed by atoms with Crippen molar-refractivity contribution in [2.75, 3.05) is 14.2 Å². The normalized spacial score (nSPS) is 39.1. The molecule has 4 rings (SSSR count). The molecule has 0 radical (unpaired) electrons. The van der Waals surface area contributed by atoms with E-state index in [0.29, 0.717) is 23.0 Å². The summed E-state index contributed by atoms with van der Waals surface area (Å²) < 4.78 is 17.0. The molecule has 2 aliphatic carbocycles. The number of ether oxygens (including phenoxy) is 3. The highest BCUT2D eigenvalue weighted by molar-refractivity contribution is 6.00. The quantitative estimate of drug-likeness (QED) is 0.557. The van der Waals surface area contributed by atoms with Crippen molar-refractivity contribution in [3.05, 3.63) is 23.8 Å². The predicted molar refractivity (Wildman–Crippen MR) is 104 cm³/mol. The summed E-state index contributed by atoms with van der Waals surface area (Å²) in [7, 11) is 3.23. The number of ketones is 1. The van der Waals surface area contributed by atoms with E-state index >= 15 is 0 Å². The van der Waals surface area contributed by atoms with Gasteiger partial charge < -0.3 is 14.2 Å². The van der Waals surface area contributed by atoms with E-state index in [0.717, 1.165) is 12.8 Å². The number of carbonyl (C=O) groups excluding carboxylic acids is 1.